The average molecular weight is 343 g/mol. The predicted octanol–water partition coefficient (Wildman–Crippen LogP) is 3.51. The normalized spacial score (nSPS) is 10.7. The van der Waals surface area contributed by atoms with Crippen molar-refractivity contribution in [3.8, 4) is 11.8 Å². The number of rotatable bonds is 5. The van der Waals surface area contributed by atoms with Gasteiger partial charge in [0, 0.05) is 18.1 Å². The van der Waals surface area contributed by atoms with Crippen LogP contribution in [0.3, 0.4) is 0 Å². The Morgan fingerprint density at radius 3 is 2.79 bits per heavy atom. The molecule has 0 spiro atoms. The van der Waals surface area contributed by atoms with E-state index in [9.17, 15) is 4.79 Å². The molecule has 24 heavy (non-hydrogen) atoms. The minimum atomic E-state index is -0.557. The number of benzene rings is 1. The summed E-state index contributed by atoms with van der Waals surface area (Å²) in [5.41, 5.74) is 1.38. The molecule has 0 unspecified atom stereocenters. The molecule has 0 bridgehead atoms. The Labute approximate surface area is 144 Å². The van der Waals surface area contributed by atoms with Crippen molar-refractivity contribution >= 4 is 29.0 Å². The van der Waals surface area contributed by atoms with E-state index in [4.69, 9.17) is 21.6 Å². The van der Waals surface area contributed by atoms with E-state index in [2.05, 4.69) is 15.6 Å². The van der Waals surface area contributed by atoms with Crippen molar-refractivity contribution in [2.75, 3.05) is 17.7 Å². The topological polar surface area (TPSA) is 87.0 Å². The van der Waals surface area contributed by atoms with Crippen LogP contribution in [-0.4, -0.2) is 18.0 Å². The number of nitriles is 1. The highest BCUT2D eigenvalue weighted by molar-refractivity contribution is 6.32. The number of nitrogens with one attached hydrogen (secondary N) is 2. The second kappa shape index (κ2) is 7.99. The summed E-state index contributed by atoms with van der Waals surface area (Å²) < 4.78 is 5.05. The number of methoxy groups -OCH3 is 1. The first-order chi connectivity index (χ1) is 11.5. The zero-order valence-electron chi connectivity index (χ0n) is 13.1. The maximum Gasteiger partial charge on any atom is 0.267 e. The van der Waals surface area contributed by atoms with Crippen LogP contribution < -0.4 is 15.4 Å². The van der Waals surface area contributed by atoms with Gasteiger partial charge < -0.3 is 15.4 Å². The Kier molecular flexibility index (Phi) is 5.77. The number of hydrogen-bond acceptors (Lipinski definition) is 5. The van der Waals surface area contributed by atoms with Crippen molar-refractivity contribution in [2.45, 2.75) is 6.92 Å². The number of hydrogen-bond donors (Lipinski definition) is 2. The van der Waals surface area contributed by atoms with Gasteiger partial charge in [0.15, 0.2) is 0 Å². The van der Waals surface area contributed by atoms with Crippen LogP contribution in [-0.2, 0) is 4.79 Å². The molecule has 1 aromatic heterocycles. The highest BCUT2D eigenvalue weighted by atomic mass is 35.5. The Bertz CT molecular complexity index is 828. The number of ether oxygens (including phenoxy) is 1. The van der Waals surface area contributed by atoms with Crippen LogP contribution in [0.1, 0.15) is 5.56 Å². The molecule has 0 atom stereocenters. The lowest BCUT2D eigenvalue weighted by Crippen LogP contribution is -2.14. The number of halogens is 1. The van der Waals surface area contributed by atoms with E-state index in [0.29, 0.717) is 22.3 Å². The number of nitrogens with zero attached hydrogens (tertiary/aromatic N) is 2. The molecule has 1 amide bonds. The van der Waals surface area contributed by atoms with E-state index in [1.807, 2.05) is 19.1 Å². The van der Waals surface area contributed by atoms with Crippen LogP contribution in [0.15, 0.2) is 48.3 Å². The molecule has 2 aromatic rings. The summed E-state index contributed by atoms with van der Waals surface area (Å²) in [7, 11) is 1.50. The van der Waals surface area contributed by atoms with Crippen molar-refractivity contribution in [3.63, 3.8) is 0 Å². The molecule has 0 fully saturated rings. The van der Waals surface area contributed by atoms with Gasteiger partial charge in [0.05, 0.1) is 12.1 Å². The van der Waals surface area contributed by atoms with Gasteiger partial charge in [-0.3, -0.25) is 4.79 Å². The van der Waals surface area contributed by atoms with Gasteiger partial charge in [0.25, 0.3) is 5.91 Å². The van der Waals surface area contributed by atoms with Gasteiger partial charge in [0.1, 0.15) is 23.2 Å². The molecule has 7 heteroatoms. The highest BCUT2D eigenvalue weighted by Crippen LogP contribution is 2.27. The number of aryl methyl sites for hydroxylation is 1. The molecule has 122 valence electrons. The predicted molar refractivity (Wildman–Crippen MR) is 92.9 cm³/mol. The van der Waals surface area contributed by atoms with Crippen molar-refractivity contribution in [3.05, 3.63) is 58.9 Å². The van der Waals surface area contributed by atoms with E-state index >= 15 is 0 Å². The third-order valence-electron chi connectivity index (χ3n) is 3.05. The molecule has 2 N–H and O–H groups in total. The van der Waals surface area contributed by atoms with E-state index < -0.39 is 5.91 Å². The number of carbonyl (C=O) groups excluding carboxylic acids is 1. The Balaban J connectivity index is 2.10. The number of aromatic nitrogens is 1. The maximum absolute atomic E-state index is 12.2. The van der Waals surface area contributed by atoms with Gasteiger partial charge in [-0.25, -0.2) is 4.98 Å². The molecule has 0 saturated heterocycles. The largest absolute Gasteiger partial charge is 0.495 e. The SMILES string of the molecule is COc1ccc(NC(=O)/C(C#N)=C\Nc2cc(C)ccn2)cc1Cl. The number of amides is 1. The lowest BCUT2D eigenvalue weighted by atomic mass is 10.2. The van der Waals surface area contributed by atoms with Crippen molar-refractivity contribution in [1.82, 2.24) is 4.98 Å². The second-order valence-electron chi connectivity index (χ2n) is 4.84. The first-order valence-electron chi connectivity index (χ1n) is 6.98. The van der Waals surface area contributed by atoms with Crippen LogP contribution in [0, 0.1) is 18.3 Å². The summed E-state index contributed by atoms with van der Waals surface area (Å²) in [6, 6.07) is 10.3. The van der Waals surface area contributed by atoms with E-state index in [-0.39, 0.29) is 5.57 Å². The summed E-state index contributed by atoms with van der Waals surface area (Å²) in [5.74, 6) is 0.486. The van der Waals surface area contributed by atoms with Crippen LogP contribution in [0.25, 0.3) is 0 Å². The van der Waals surface area contributed by atoms with Crippen LogP contribution in [0.4, 0.5) is 11.5 Å². The number of carbonyl (C=O) groups is 1. The zero-order chi connectivity index (χ0) is 17.5. The molecule has 1 aromatic carbocycles. The standard InChI is InChI=1S/C17H15ClN4O2/c1-11-5-6-20-16(7-11)21-10-12(9-19)17(23)22-13-3-4-15(24-2)14(18)8-13/h3-8,10H,1-2H3,(H,20,21)(H,22,23)/b12-10-. The fraction of sp³-hybridized carbons (Fsp3) is 0.118. The molecule has 6 nitrogen and oxygen atoms in total. The molecular weight excluding hydrogens is 328 g/mol. The summed E-state index contributed by atoms with van der Waals surface area (Å²) in [6.45, 7) is 1.92. The Morgan fingerprint density at radius 2 is 2.17 bits per heavy atom. The summed E-state index contributed by atoms with van der Waals surface area (Å²) >= 11 is 6.01. The quantitative estimate of drug-likeness (QED) is 0.641. The lowest BCUT2D eigenvalue weighted by molar-refractivity contribution is -0.112. The fourth-order valence-corrected chi connectivity index (χ4v) is 2.11. The molecule has 0 aliphatic rings. The van der Waals surface area contributed by atoms with Gasteiger partial charge in [-0.1, -0.05) is 11.6 Å². The van der Waals surface area contributed by atoms with E-state index in [1.165, 1.54) is 13.3 Å². The van der Waals surface area contributed by atoms with Crippen LogP contribution >= 0.6 is 11.6 Å². The van der Waals surface area contributed by atoms with E-state index in [0.717, 1.165) is 5.56 Å². The van der Waals surface area contributed by atoms with Gasteiger partial charge in [0.2, 0.25) is 0 Å². The Morgan fingerprint density at radius 1 is 1.38 bits per heavy atom. The first kappa shape index (κ1) is 17.3. The maximum atomic E-state index is 12.2. The Hall–Kier alpha value is -3.04. The monoisotopic (exact) mass is 342 g/mol. The molecule has 2 rings (SSSR count). The van der Waals surface area contributed by atoms with Crippen molar-refractivity contribution in [2.24, 2.45) is 0 Å². The molecule has 0 aliphatic carbocycles. The van der Waals surface area contributed by atoms with Gasteiger partial charge >= 0.3 is 0 Å². The van der Waals surface area contributed by atoms with Crippen molar-refractivity contribution < 1.29 is 9.53 Å². The van der Waals surface area contributed by atoms with Crippen LogP contribution in [0.5, 0.6) is 5.75 Å². The summed E-state index contributed by atoms with van der Waals surface area (Å²) in [4.78, 5) is 16.3. The molecule has 0 radical (unpaired) electrons. The van der Waals surface area contributed by atoms with Gasteiger partial charge in [-0.15, -0.1) is 0 Å². The molecule has 0 saturated carbocycles. The number of pyridine rings is 1. The van der Waals surface area contributed by atoms with Crippen molar-refractivity contribution in [1.29, 1.82) is 5.26 Å². The molecular formula is C17H15ClN4O2. The minimum absolute atomic E-state index is 0.0924. The summed E-state index contributed by atoms with van der Waals surface area (Å²) in [5, 5.41) is 15.0. The average Bonchev–Trinajstić information content (AvgIpc) is 2.55. The number of anilines is 2. The fourth-order valence-electron chi connectivity index (χ4n) is 1.85. The smallest absolute Gasteiger partial charge is 0.267 e. The third kappa shape index (κ3) is 4.48. The second-order valence-corrected chi connectivity index (χ2v) is 5.24. The lowest BCUT2D eigenvalue weighted by Gasteiger charge is -2.08. The van der Waals surface area contributed by atoms with Crippen LogP contribution in [0.2, 0.25) is 5.02 Å². The summed E-state index contributed by atoms with van der Waals surface area (Å²) in [6.07, 6.45) is 2.94. The zero-order valence-corrected chi connectivity index (χ0v) is 13.9. The molecule has 1 heterocycles. The van der Waals surface area contributed by atoms with Gasteiger partial charge in [-0.05, 0) is 42.8 Å². The first-order valence-corrected chi connectivity index (χ1v) is 7.35. The molecule has 0 aliphatic heterocycles. The van der Waals surface area contributed by atoms with Gasteiger partial charge in [-0.2, -0.15) is 5.26 Å². The third-order valence-corrected chi connectivity index (χ3v) is 3.35. The highest BCUT2D eigenvalue weighted by Gasteiger charge is 2.11. The minimum Gasteiger partial charge on any atom is -0.495 e. The van der Waals surface area contributed by atoms with E-state index in [1.54, 1.807) is 30.5 Å².